The van der Waals surface area contributed by atoms with Gasteiger partial charge in [-0.15, -0.1) is 0 Å². The zero-order valence-corrected chi connectivity index (χ0v) is 11.1. The molecule has 20 heavy (non-hydrogen) atoms. The van der Waals surface area contributed by atoms with Crippen molar-refractivity contribution in [3.05, 3.63) is 47.8 Å². The van der Waals surface area contributed by atoms with Crippen molar-refractivity contribution >= 4 is 34.7 Å². The van der Waals surface area contributed by atoms with Crippen molar-refractivity contribution in [3.8, 4) is 0 Å². The number of nitrogens with one attached hydrogen (secondary N) is 1. The fourth-order valence-electron chi connectivity index (χ4n) is 2.28. The normalized spacial score (nSPS) is 15.1. The lowest BCUT2D eigenvalue weighted by atomic mass is 10.00. The maximum absolute atomic E-state index is 5.42. The van der Waals surface area contributed by atoms with E-state index in [0.717, 1.165) is 33.8 Å². The fraction of sp³-hybridized carbons (Fsp3) is 0.0667. The van der Waals surface area contributed by atoms with Gasteiger partial charge < -0.3 is 16.5 Å². The molecule has 5 heteroatoms. The first-order chi connectivity index (χ1) is 9.65. The lowest BCUT2D eigenvalue weighted by molar-refractivity contribution is 1.34. The van der Waals surface area contributed by atoms with E-state index in [1.165, 1.54) is 0 Å². The van der Waals surface area contributed by atoms with Crippen LogP contribution in [0.1, 0.15) is 18.2 Å². The van der Waals surface area contributed by atoms with Gasteiger partial charge in [0.1, 0.15) is 0 Å². The summed E-state index contributed by atoms with van der Waals surface area (Å²) < 4.78 is 0. The first kappa shape index (κ1) is 12.2. The standard InChI is InChI=1S/C15H15N5/c1-9(13-3-2-6-18-13)12-8-19-14-5-4-10(7-11(12)14)20-15(16)17/h2-8,18H,1H3,(H4,16,17,20). The number of nitrogens with zero attached hydrogens (tertiary/aromatic N) is 2. The third kappa shape index (κ3) is 2.09. The van der Waals surface area contributed by atoms with E-state index < -0.39 is 0 Å². The third-order valence-electron chi connectivity index (χ3n) is 3.27. The summed E-state index contributed by atoms with van der Waals surface area (Å²) in [6.07, 6.45) is 3.78. The zero-order chi connectivity index (χ0) is 14.1. The highest BCUT2D eigenvalue weighted by Gasteiger charge is 2.16. The van der Waals surface area contributed by atoms with Crippen LogP contribution in [-0.4, -0.2) is 17.2 Å². The average Bonchev–Trinajstić information content (AvgIpc) is 3.06. The smallest absolute Gasteiger partial charge is 0.191 e. The summed E-state index contributed by atoms with van der Waals surface area (Å²) in [6.45, 7) is 2.07. The summed E-state index contributed by atoms with van der Waals surface area (Å²) in [6, 6.07) is 9.73. The van der Waals surface area contributed by atoms with Gasteiger partial charge >= 0.3 is 0 Å². The lowest BCUT2D eigenvalue weighted by Crippen LogP contribution is -2.21. The van der Waals surface area contributed by atoms with E-state index in [1.54, 1.807) is 0 Å². The summed E-state index contributed by atoms with van der Waals surface area (Å²) in [4.78, 5) is 11.7. The van der Waals surface area contributed by atoms with E-state index in [1.807, 2.05) is 42.7 Å². The van der Waals surface area contributed by atoms with E-state index in [2.05, 4.69) is 21.9 Å². The Bertz CT molecular complexity index is 732. The molecular formula is C15H15N5. The minimum atomic E-state index is 0.0514. The second-order valence-electron chi connectivity index (χ2n) is 4.62. The van der Waals surface area contributed by atoms with Gasteiger partial charge in [0.2, 0.25) is 0 Å². The number of rotatable bonds is 2. The molecule has 5 N–H and O–H groups in total. The number of nitrogens with two attached hydrogens (primary N) is 2. The molecule has 0 spiro atoms. The van der Waals surface area contributed by atoms with Gasteiger partial charge in [-0.05, 0) is 42.8 Å². The Morgan fingerprint density at radius 2 is 2.10 bits per heavy atom. The molecule has 2 aromatic rings. The number of allylic oxidation sites excluding steroid dienone is 2. The van der Waals surface area contributed by atoms with Gasteiger partial charge in [0.25, 0.3) is 0 Å². The van der Waals surface area contributed by atoms with Gasteiger partial charge in [-0.2, -0.15) is 0 Å². The Morgan fingerprint density at radius 3 is 2.80 bits per heavy atom. The van der Waals surface area contributed by atoms with Crippen LogP contribution in [0.3, 0.4) is 0 Å². The highest BCUT2D eigenvalue weighted by Crippen LogP contribution is 2.37. The van der Waals surface area contributed by atoms with Crippen LogP contribution in [0.4, 0.5) is 11.4 Å². The van der Waals surface area contributed by atoms with Crippen LogP contribution in [0.5, 0.6) is 0 Å². The first-order valence-electron chi connectivity index (χ1n) is 6.28. The Hall–Kier alpha value is -2.82. The molecule has 2 heterocycles. The minimum Gasteiger partial charge on any atom is -0.370 e. The molecule has 3 rings (SSSR count). The third-order valence-corrected chi connectivity index (χ3v) is 3.27. The molecule has 0 amide bonds. The number of guanidine groups is 1. The van der Waals surface area contributed by atoms with Gasteiger partial charge in [-0.3, -0.25) is 4.99 Å². The van der Waals surface area contributed by atoms with Crippen molar-refractivity contribution in [3.63, 3.8) is 0 Å². The van der Waals surface area contributed by atoms with Crippen molar-refractivity contribution in [1.82, 2.24) is 4.98 Å². The first-order valence-corrected chi connectivity index (χ1v) is 6.28. The molecule has 0 bridgehead atoms. The molecule has 1 aromatic carbocycles. The quantitative estimate of drug-likeness (QED) is 0.575. The molecule has 0 unspecified atom stereocenters. The van der Waals surface area contributed by atoms with E-state index >= 15 is 0 Å². The Morgan fingerprint density at radius 1 is 1.25 bits per heavy atom. The van der Waals surface area contributed by atoms with Crippen molar-refractivity contribution < 1.29 is 0 Å². The number of aliphatic imine (C=N–C) groups is 2. The minimum absolute atomic E-state index is 0.0514. The highest BCUT2D eigenvalue weighted by molar-refractivity contribution is 6.24. The van der Waals surface area contributed by atoms with Crippen LogP contribution in [-0.2, 0) is 0 Å². The second kappa shape index (κ2) is 4.70. The topological polar surface area (TPSA) is 92.5 Å². The number of hydrogen-bond acceptors (Lipinski definition) is 2. The van der Waals surface area contributed by atoms with Gasteiger partial charge in [0.15, 0.2) is 5.96 Å². The summed E-state index contributed by atoms with van der Waals surface area (Å²) in [5.41, 5.74) is 16.8. The number of fused-ring (bicyclic) bond motifs is 1. The van der Waals surface area contributed by atoms with Crippen LogP contribution in [0.15, 0.2) is 46.5 Å². The van der Waals surface area contributed by atoms with Gasteiger partial charge in [0.05, 0.1) is 11.4 Å². The largest absolute Gasteiger partial charge is 0.370 e. The predicted molar refractivity (Wildman–Crippen MR) is 83.3 cm³/mol. The Balaban J connectivity index is 2.11. The molecule has 0 aliphatic carbocycles. The van der Waals surface area contributed by atoms with E-state index in [0.29, 0.717) is 0 Å². The summed E-state index contributed by atoms with van der Waals surface area (Å²) in [7, 11) is 0. The van der Waals surface area contributed by atoms with Gasteiger partial charge in [-0.25, -0.2) is 4.99 Å². The summed E-state index contributed by atoms with van der Waals surface area (Å²) >= 11 is 0. The predicted octanol–water partition coefficient (Wildman–Crippen LogP) is 2.57. The number of aromatic nitrogens is 1. The van der Waals surface area contributed by atoms with Crippen LogP contribution in [0.2, 0.25) is 0 Å². The van der Waals surface area contributed by atoms with E-state index in [4.69, 9.17) is 11.5 Å². The SMILES string of the molecule is CC(=C1C=Nc2ccc(N=C(N)N)cc21)c1ccc[nH]1. The van der Waals surface area contributed by atoms with E-state index in [-0.39, 0.29) is 5.96 Å². The molecule has 1 aliphatic rings. The number of H-pyrrole nitrogens is 1. The molecular weight excluding hydrogens is 250 g/mol. The zero-order valence-electron chi connectivity index (χ0n) is 11.1. The van der Waals surface area contributed by atoms with Crippen molar-refractivity contribution in [2.75, 3.05) is 0 Å². The van der Waals surface area contributed by atoms with Crippen molar-refractivity contribution in [2.24, 2.45) is 21.5 Å². The Kier molecular flexibility index (Phi) is 2.87. The van der Waals surface area contributed by atoms with Crippen LogP contribution < -0.4 is 11.5 Å². The number of aromatic amines is 1. The average molecular weight is 265 g/mol. The van der Waals surface area contributed by atoms with E-state index in [9.17, 15) is 0 Å². The molecule has 1 aromatic heterocycles. The molecule has 0 atom stereocenters. The maximum atomic E-state index is 5.42. The number of hydrogen-bond donors (Lipinski definition) is 3. The summed E-state index contributed by atoms with van der Waals surface area (Å²) in [5.74, 6) is 0.0514. The summed E-state index contributed by atoms with van der Waals surface area (Å²) in [5, 5.41) is 0. The van der Waals surface area contributed by atoms with Crippen LogP contribution in [0, 0.1) is 0 Å². The van der Waals surface area contributed by atoms with Gasteiger partial charge in [0, 0.05) is 29.2 Å². The molecule has 0 saturated heterocycles. The maximum Gasteiger partial charge on any atom is 0.191 e. The molecule has 1 aliphatic heterocycles. The monoisotopic (exact) mass is 265 g/mol. The lowest BCUT2D eigenvalue weighted by Gasteiger charge is -2.06. The molecule has 0 saturated carbocycles. The molecule has 5 nitrogen and oxygen atoms in total. The molecule has 0 radical (unpaired) electrons. The van der Waals surface area contributed by atoms with Crippen LogP contribution in [0.25, 0.3) is 11.1 Å². The van der Waals surface area contributed by atoms with Crippen molar-refractivity contribution in [2.45, 2.75) is 6.92 Å². The molecule has 100 valence electrons. The number of benzene rings is 1. The fourth-order valence-corrected chi connectivity index (χ4v) is 2.28. The second-order valence-corrected chi connectivity index (χ2v) is 4.62. The van der Waals surface area contributed by atoms with Crippen LogP contribution >= 0.6 is 0 Å². The highest BCUT2D eigenvalue weighted by atomic mass is 15.0. The van der Waals surface area contributed by atoms with Crippen molar-refractivity contribution in [1.29, 1.82) is 0 Å². The Labute approximate surface area is 116 Å². The van der Waals surface area contributed by atoms with Gasteiger partial charge in [-0.1, -0.05) is 0 Å². The molecule has 0 fully saturated rings.